The van der Waals surface area contributed by atoms with Crippen LogP contribution in [0, 0.1) is 11.8 Å². The smallest absolute Gasteiger partial charge is 0.255 e. The molecule has 1 unspecified atom stereocenters. The quantitative estimate of drug-likeness (QED) is 0.700. The molecular formula is C30H34N4O3. The second-order valence-corrected chi connectivity index (χ2v) is 11.5. The van der Waals surface area contributed by atoms with E-state index in [-0.39, 0.29) is 17.7 Å². The Bertz CT molecular complexity index is 1240. The van der Waals surface area contributed by atoms with Crippen molar-refractivity contribution in [1.29, 1.82) is 0 Å². The Balaban J connectivity index is 1.11. The predicted octanol–water partition coefficient (Wildman–Crippen LogP) is 3.76. The number of rotatable bonds is 3. The average Bonchev–Trinajstić information content (AvgIpc) is 3.27. The minimum absolute atomic E-state index is 0.0981. The van der Waals surface area contributed by atoms with Crippen LogP contribution in [0.3, 0.4) is 0 Å². The highest BCUT2D eigenvalue weighted by molar-refractivity contribution is 6.07. The maximum atomic E-state index is 14.0. The van der Waals surface area contributed by atoms with Crippen molar-refractivity contribution in [1.82, 2.24) is 14.7 Å². The second-order valence-electron chi connectivity index (χ2n) is 11.5. The fourth-order valence-corrected chi connectivity index (χ4v) is 8.06. The maximum absolute atomic E-state index is 14.0. The number of hydrogen-bond acceptors (Lipinski definition) is 4. The summed E-state index contributed by atoms with van der Waals surface area (Å²) in [5.74, 6) is 0.967. The molecule has 0 bridgehead atoms. The standard InChI is InChI=1S/C30H34N4O3/c35-28(19-7-2-1-3-8-19)31-24-12-4-10-21-23(24)18-34(29(21)36)26-14-13-25-22-11-6-16-32-15-5-9-20(27(22)32)17-33(25)30(26)37/h1-4,7-8,10,12,20,22,25-27H,5-6,9,11,13-18H2,(H,31,35)/t20-,22+,25+,26?,27-/m0/s1. The zero-order chi connectivity index (χ0) is 25.1. The highest BCUT2D eigenvalue weighted by Crippen LogP contribution is 2.46. The van der Waals surface area contributed by atoms with Gasteiger partial charge in [-0.1, -0.05) is 24.3 Å². The van der Waals surface area contributed by atoms with Crippen LogP contribution in [0.1, 0.15) is 64.8 Å². The summed E-state index contributed by atoms with van der Waals surface area (Å²) in [5, 5.41) is 3.00. The summed E-state index contributed by atoms with van der Waals surface area (Å²) in [4.78, 5) is 47.0. The normalized spacial score (nSPS) is 31.0. The zero-order valence-corrected chi connectivity index (χ0v) is 21.1. The zero-order valence-electron chi connectivity index (χ0n) is 21.1. The number of fused-ring (bicyclic) bond motifs is 3. The van der Waals surface area contributed by atoms with Gasteiger partial charge in [-0.3, -0.25) is 19.3 Å². The first-order chi connectivity index (χ1) is 18.1. The van der Waals surface area contributed by atoms with Crippen molar-refractivity contribution in [2.75, 3.05) is 25.0 Å². The Morgan fingerprint density at radius 3 is 2.51 bits per heavy atom. The molecule has 7 heteroatoms. The van der Waals surface area contributed by atoms with Crippen molar-refractivity contribution in [2.24, 2.45) is 11.8 Å². The van der Waals surface area contributed by atoms with Gasteiger partial charge in [0.15, 0.2) is 0 Å². The molecule has 4 fully saturated rings. The van der Waals surface area contributed by atoms with E-state index in [0.29, 0.717) is 47.3 Å². The van der Waals surface area contributed by atoms with Gasteiger partial charge in [-0.25, -0.2) is 0 Å². The molecule has 7 rings (SSSR count). The van der Waals surface area contributed by atoms with E-state index >= 15 is 0 Å². The molecule has 5 aliphatic heterocycles. The summed E-state index contributed by atoms with van der Waals surface area (Å²) >= 11 is 0. The average molecular weight is 499 g/mol. The Labute approximate surface area is 217 Å². The predicted molar refractivity (Wildman–Crippen MR) is 140 cm³/mol. The van der Waals surface area contributed by atoms with Gasteiger partial charge < -0.3 is 15.1 Å². The number of carbonyl (C=O) groups is 3. The van der Waals surface area contributed by atoms with Gasteiger partial charge in [-0.05, 0) is 87.7 Å². The third-order valence-corrected chi connectivity index (χ3v) is 9.63. The van der Waals surface area contributed by atoms with Crippen molar-refractivity contribution in [2.45, 2.75) is 63.2 Å². The van der Waals surface area contributed by atoms with Gasteiger partial charge in [0.2, 0.25) is 5.91 Å². The van der Waals surface area contributed by atoms with Crippen molar-refractivity contribution >= 4 is 23.4 Å². The number of nitrogens with one attached hydrogen (secondary N) is 1. The summed E-state index contributed by atoms with van der Waals surface area (Å²) in [6.07, 6.45) is 6.57. The first kappa shape index (κ1) is 23.0. The molecule has 37 heavy (non-hydrogen) atoms. The number of piperidine rings is 4. The number of nitrogens with zero attached hydrogens (tertiary/aromatic N) is 3. The number of anilines is 1. The van der Waals surface area contributed by atoms with E-state index < -0.39 is 6.04 Å². The molecule has 5 heterocycles. The molecule has 5 atom stereocenters. The number of benzene rings is 2. The fraction of sp³-hybridized carbons (Fsp3) is 0.500. The van der Waals surface area contributed by atoms with Crippen molar-refractivity contribution < 1.29 is 14.4 Å². The lowest BCUT2D eigenvalue weighted by Crippen LogP contribution is -2.69. The summed E-state index contributed by atoms with van der Waals surface area (Å²) < 4.78 is 0. The van der Waals surface area contributed by atoms with Gasteiger partial charge in [-0.15, -0.1) is 0 Å². The SMILES string of the molecule is O=C(Nc1cccc2c1CN(C1CC[C@@H]3[C@H]4CCCN5CCC[C@@H](CN3C1=O)[C@@H]45)C2=O)c1ccccc1. The van der Waals surface area contributed by atoms with Crippen molar-refractivity contribution in [3.63, 3.8) is 0 Å². The van der Waals surface area contributed by atoms with E-state index in [2.05, 4.69) is 15.1 Å². The summed E-state index contributed by atoms with van der Waals surface area (Å²) in [7, 11) is 0. The first-order valence-electron chi connectivity index (χ1n) is 13.9. The van der Waals surface area contributed by atoms with Crippen molar-refractivity contribution in [3.05, 3.63) is 65.2 Å². The third kappa shape index (κ3) is 3.69. The number of carbonyl (C=O) groups excluding carboxylic acids is 3. The van der Waals surface area contributed by atoms with Crippen molar-refractivity contribution in [3.8, 4) is 0 Å². The van der Waals surface area contributed by atoms with Crippen LogP contribution in [0.4, 0.5) is 5.69 Å². The number of hydrogen-bond donors (Lipinski definition) is 1. The third-order valence-electron chi connectivity index (χ3n) is 9.63. The summed E-state index contributed by atoms with van der Waals surface area (Å²) in [6, 6.07) is 15.1. The van der Waals surface area contributed by atoms with E-state index in [0.717, 1.165) is 24.9 Å². The topological polar surface area (TPSA) is 73.0 Å². The number of amides is 3. The highest BCUT2D eigenvalue weighted by Gasteiger charge is 2.53. The van der Waals surface area contributed by atoms with Crippen LogP contribution >= 0.6 is 0 Å². The molecular weight excluding hydrogens is 464 g/mol. The van der Waals surface area contributed by atoms with E-state index in [1.54, 1.807) is 17.0 Å². The van der Waals surface area contributed by atoms with Crippen LogP contribution in [-0.2, 0) is 11.3 Å². The van der Waals surface area contributed by atoms with E-state index in [4.69, 9.17) is 0 Å². The minimum Gasteiger partial charge on any atom is -0.337 e. The van der Waals surface area contributed by atoms with Crippen LogP contribution in [0.15, 0.2) is 48.5 Å². The molecule has 5 aliphatic rings. The Kier molecular flexibility index (Phi) is 5.57. The molecule has 0 aromatic heterocycles. The van der Waals surface area contributed by atoms with E-state index in [1.807, 2.05) is 36.4 Å². The van der Waals surface area contributed by atoms with Crippen LogP contribution in [0.2, 0.25) is 0 Å². The monoisotopic (exact) mass is 498 g/mol. The largest absolute Gasteiger partial charge is 0.337 e. The van der Waals surface area contributed by atoms with Crippen LogP contribution in [-0.4, -0.2) is 70.2 Å². The summed E-state index contributed by atoms with van der Waals surface area (Å²) in [5.41, 5.74) is 2.62. The summed E-state index contributed by atoms with van der Waals surface area (Å²) in [6.45, 7) is 3.62. The molecule has 0 spiro atoms. The van der Waals surface area contributed by atoms with Gasteiger partial charge >= 0.3 is 0 Å². The Morgan fingerprint density at radius 1 is 0.865 bits per heavy atom. The van der Waals surface area contributed by atoms with E-state index in [1.165, 1.54) is 38.8 Å². The molecule has 3 amide bonds. The lowest BCUT2D eigenvalue weighted by molar-refractivity contribution is -0.157. The van der Waals surface area contributed by atoms with Crippen LogP contribution < -0.4 is 5.32 Å². The lowest BCUT2D eigenvalue weighted by atomic mass is 9.67. The molecule has 0 saturated carbocycles. The Hall–Kier alpha value is -3.19. The fourth-order valence-electron chi connectivity index (χ4n) is 8.06. The van der Waals surface area contributed by atoms with Crippen LogP contribution in [0.25, 0.3) is 0 Å². The van der Waals surface area contributed by atoms with Gasteiger partial charge in [0.25, 0.3) is 11.8 Å². The molecule has 4 saturated heterocycles. The molecule has 192 valence electrons. The Morgan fingerprint density at radius 2 is 1.68 bits per heavy atom. The second kappa shape index (κ2) is 8.98. The first-order valence-corrected chi connectivity index (χ1v) is 13.9. The molecule has 2 aromatic rings. The molecule has 1 N–H and O–H groups in total. The maximum Gasteiger partial charge on any atom is 0.255 e. The minimum atomic E-state index is -0.423. The van der Waals surface area contributed by atoms with Crippen LogP contribution in [0.5, 0.6) is 0 Å². The lowest BCUT2D eigenvalue weighted by Gasteiger charge is -2.59. The van der Waals surface area contributed by atoms with Gasteiger partial charge in [0.05, 0.1) is 0 Å². The van der Waals surface area contributed by atoms with Gasteiger partial charge in [0.1, 0.15) is 6.04 Å². The molecule has 7 nitrogen and oxygen atoms in total. The highest BCUT2D eigenvalue weighted by atomic mass is 16.2. The van der Waals surface area contributed by atoms with E-state index in [9.17, 15) is 14.4 Å². The molecule has 2 aromatic carbocycles. The van der Waals surface area contributed by atoms with Gasteiger partial charge in [0, 0.05) is 47.6 Å². The molecule has 0 radical (unpaired) electrons. The van der Waals surface area contributed by atoms with Gasteiger partial charge in [-0.2, -0.15) is 0 Å². The molecule has 0 aliphatic carbocycles.